The fraction of sp³-hybridized carbons (Fsp3) is 0.188. The van der Waals surface area contributed by atoms with Crippen molar-refractivity contribution in [3.8, 4) is 0 Å². The lowest BCUT2D eigenvalue weighted by atomic mass is 10.1. The topological polar surface area (TPSA) is 29.1 Å². The number of amides is 1. The number of carbonyl (C=O) groups excluding carboxylic acids is 1. The molecule has 1 N–H and O–H groups in total. The van der Waals surface area contributed by atoms with Crippen LogP contribution in [0, 0.1) is 6.92 Å². The zero-order valence-corrected chi connectivity index (χ0v) is 11.6. The maximum Gasteiger partial charge on any atom is 0.224 e. The predicted octanol–water partition coefficient (Wildman–Crippen LogP) is 4.22. The first-order chi connectivity index (χ1) is 9.13. The molecule has 1 amide bonds. The summed E-state index contributed by atoms with van der Waals surface area (Å²) in [6.45, 7) is 2.05. The third-order valence-electron chi connectivity index (χ3n) is 2.89. The van der Waals surface area contributed by atoms with Gasteiger partial charge in [0.1, 0.15) is 0 Å². The van der Waals surface area contributed by atoms with Gasteiger partial charge in [0, 0.05) is 17.1 Å². The largest absolute Gasteiger partial charge is 0.326 e. The second kappa shape index (κ2) is 6.39. The molecule has 0 spiro atoms. The van der Waals surface area contributed by atoms with E-state index in [0.29, 0.717) is 11.4 Å². The van der Waals surface area contributed by atoms with Crippen LogP contribution in [0.1, 0.15) is 17.5 Å². The van der Waals surface area contributed by atoms with E-state index in [4.69, 9.17) is 11.6 Å². The van der Waals surface area contributed by atoms with Crippen molar-refractivity contribution >= 4 is 23.2 Å². The Kier molecular flexibility index (Phi) is 4.58. The number of halogens is 1. The minimum Gasteiger partial charge on any atom is -0.326 e. The molecule has 2 rings (SSSR count). The summed E-state index contributed by atoms with van der Waals surface area (Å²) in [5, 5.41) is 3.52. The van der Waals surface area contributed by atoms with E-state index in [1.807, 2.05) is 0 Å². The lowest BCUT2D eigenvalue weighted by Crippen LogP contribution is -2.12. The summed E-state index contributed by atoms with van der Waals surface area (Å²) in [4.78, 5) is 11.8. The van der Waals surface area contributed by atoms with Gasteiger partial charge in [0.25, 0.3) is 0 Å². The molecule has 0 saturated carbocycles. The van der Waals surface area contributed by atoms with Crippen molar-refractivity contribution in [2.24, 2.45) is 0 Å². The van der Waals surface area contributed by atoms with E-state index in [9.17, 15) is 4.79 Å². The van der Waals surface area contributed by atoms with Crippen LogP contribution in [0.3, 0.4) is 0 Å². The summed E-state index contributed by atoms with van der Waals surface area (Å²) in [6.07, 6.45) is 1.23. The Balaban J connectivity index is 1.84. The van der Waals surface area contributed by atoms with Crippen molar-refractivity contribution < 1.29 is 4.79 Å². The van der Waals surface area contributed by atoms with Gasteiger partial charge in [0.2, 0.25) is 5.91 Å². The number of hydrogen-bond donors (Lipinski definition) is 1. The summed E-state index contributed by atoms with van der Waals surface area (Å²) in [5.41, 5.74) is 3.18. The number of rotatable bonds is 4. The summed E-state index contributed by atoms with van der Waals surface area (Å²) in [5.74, 6) is 0.0166. The van der Waals surface area contributed by atoms with Gasteiger partial charge in [-0.15, -0.1) is 0 Å². The summed E-state index contributed by atoms with van der Waals surface area (Å²) < 4.78 is 0. The Hall–Kier alpha value is -1.80. The molecule has 0 aliphatic rings. The van der Waals surface area contributed by atoms with Gasteiger partial charge in [-0.3, -0.25) is 4.79 Å². The summed E-state index contributed by atoms with van der Waals surface area (Å²) >= 11 is 5.79. The average molecular weight is 274 g/mol. The summed E-state index contributed by atoms with van der Waals surface area (Å²) in [7, 11) is 0. The van der Waals surface area contributed by atoms with E-state index >= 15 is 0 Å². The molecule has 0 fully saturated rings. The van der Waals surface area contributed by atoms with Crippen LogP contribution in [0.25, 0.3) is 0 Å². The summed E-state index contributed by atoms with van der Waals surface area (Å²) in [6, 6.07) is 15.4. The molecule has 0 aliphatic heterocycles. The smallest absolute Gasteiger partial charge is 0.224 e. The van der Waals surface area contributed by atoms with E-state index in [2.05, 4.69) is 36.5 Å². The predicted molar refractivity (Wildman–Crippen MR) is 79.6 cm³/mol. The normalized spacial score (nSPS) is 10.2. The van der Waals surface area contributed by atoms with E-state index in [1.165, 1.54) is 11.1 Å². The zero-order valence-electron chi connectivity index (χ0n) is 10.8. The van der Waals surface area contributed by atoms with Crippen LogP contribution < -0.4 is 5.32 Å². The molecule has 0 aliphatic carbocycles. The Morgan fingerprint density at radius 3 is 2.32 bits per heavy atom. The van der Waals surface area contributed by atoms with E-state index < -0.39 is 0 Å². The highest BCUT2D eigenvalue weighted by Crippen LogP contribution is 2.14. The van der Waals surface area contributed by atoms with Crippen LogP contribution in [-0.2, 0) is 11.2 Å². The molecule has 19 heavy (non-hydrogen) atoms. The minimum atomic E-state index is 0.0166. The molecule has 2 aromatic rings. The van der Waals surface area contributed by atoms with Gasteiger partial charge in [-0.1, -0.05) is 41.4 Å². The lowest BCUT2D eigenvalue weighted by molar-refractivity contribution is -0.116. The Morgan fingerprint density at radius 1 is 1.05 bits per heavy atom. The molecule has 0 atom stereocenters. The molecule has 2 aromatic carbocycles. The SMILES string of the molecule is Cc1ccc(CCC(=O)Nc2ccc(Cl)cc2)cc1. The van der Waals surface area contributed by atoms with E-state index in [-0.39, 0.29) is 5.91 Å². The van der Waals surface area contributed by atoms with Crippen LogP contribution in [0.5, 0.6) is 0 Å². The highest BCUT2D eigenvalue weighted by molar-refractivity contribution is 6.30. The second-order valence-corrected chi connectivity index (χ2v) is 4.98. The van der Waals surface area contributed by atoms with Crippen LogP contribution in [0.15, 0.2) is 48.5 Å². The highest BCUT2D eigenvalue weighted by Gasteiger charge is 2.03. The lowest BCUT2D eigenvalue weighted by Gasteiger charge is -2.05. The van der Waals surface area contributed by atoms with Crippen molar-refractivity contribution in [1.82, 2.24) is 0 Å². The molecule has 0 heterocycles. The van der Waals surface area contributed by atoms with Gasteiger partial charge in [-0.2, -0.15) is 0 Å². The first-order valence-corrected chi connectivity index (χ1v) is 6.62. The third-order valence-corrected chi connectivity index (χ3v) is 3.14. The van der Waals surface area contributed by atoms with Crippen LogP contribution in [-0.4, -0.2) is 5.91 Å². The quantitative estimate of drug-likeness (QED) is 0.888. The van der Waals surface area contributed by atoms with Crippen LogP contribution in [0.2, 0.25) is 5.02 Å². The Morgan fingerprint density at radius 2 is 1.68 bits per heavy atom. The second-order valence-electron chi connectivity index (χ2n) is 4.54. The molecular formula is C16H16ClNO. The highest BCUT2D eigenvalue weighted by atomic mass is 35.5. The van der Waals surface area contributed by atoms with Gasteiger partial charge in [-0.25, -0.2) is 0 Å². The van der Waals surface area contributed by atoms with Crippen molar-refractivity contribution in [3.63, 3.8) is 0 Å². The van der Waals surface area contributed by atoms with Gasteiger partial charge < -0.3 is 5.32 Å². The van der Waals surface area contributed by atoms with Crippen LogP contribution >= 0.6 is 11.6 Å². The zero-order chi connectivity index (χ0) is 13.7. The van der Waals surface area contributed by atoms with Gasteiger partial charge in [0.05, 0.1) is 0 Å². The molecule has 98 valence electrons. The van der Waals surface area contributed by atoms with Gasteiger partial charge >= 0.3 is 0 Å². The number of aryl methyl sites for hydroxylation is 2. The van der Waals surface area contributed by atoms with Crippen molar-refractivity contribution in [1.29, 1.82) is 0 Å². The fourth-order valence-corrected chi connectivity index (χ4v) is 1.90. The minimum absolute atomic E-state index is 0.0166. The van der Waals surface area contributed by atoms with Crippen molar-refractivity contribution in [2.75, 3.05) is 5.32 Å². The molecule has 3 heteroatoms. The maximum atomic E-state index is 11.8. The number of benzene rings is 2. The standard InChI is InChI=1S/C16H16ClNO/c1-12-2-4-13(5-3-12)6-11-16(19)18-15-9-7-14(17)8-10-15/h2-5,7-10H,6,11H2,1H3,(H,18,19). The van der Waals surface area contributed by atoms with E-state index in [0.717, 1.165) is 12.1 Å². The van der Waals surface area contributed by atoms with E-state index in [1.54, 1.807) is 24.3 Å². The first-order valence-electron chi connectivity index (χ1n) is 6.24. The molecule has 0 bridgehead atoms. The number of anilines is 1. The third kappa shape index (κ3) is 4.42. The molecule has 0 radical (unpaired) electrons. The van der Waals surface area contributed by atoms with Crippen LogP contribution in [0.4, 0.5) is 5.69 Å². The molecule has 0 unspecified atom stereocenters. The van der Waals surface area contributed by atoms with Gasteiger partial charge in [0.15, 0.2) is 0 Å². The number of hydrogen-bond acceptors (Lipinski definition) is 1. The van der Waals surface area contributed by atoms with Crippen molar-refractivity contribution in [3.05, 3.63) is 64.7 Å². The number of carbonyl (C=O) groups is 1. The monoisotopic (exact) mass is 273 g/mol. The molecular weight excluding hydrogens is 258 g/mol. The Bertz CT molecular complexity index is 546. The number of nitrogens with one attached hydrogen (secondary N) is 1. The molecule has 2 nitrogen and oxygen atoms in total. The maximum absolute atomic E-state index is 11.8. The fourth-order valence-electron chi connectivity index (χ4n) is 1.77. The average Bonchev–Trinajstić information content (AvgIpc) is 2.41. The first kappa shape index (κ1) is 13.6. The molecule has 0 saturated heterocycles. The molecule has 0 aromatic heterocycles. The van der Waals surface area contributed by atoms with Crippen molar-refractivity contribution in [2.45, 2.75) is 19.8 Å². The Labute approximate surface area is 118 Å². The van der Waals surface area contributed by atoms with Gasteiger partial charge in [-0.05, 0) is 43.2 Å².